The van der Waals surface area contributed by atoms with Crippen LogP contribution in [0.2, 0.25) is 0 Å². The lowest BCUT2D eigenvalue weighted by molar-refractivity contribution is 0.284. The average molecular weight is 197 g/mol. The third-order valence-corrected chi connectivity index (χ3v) is 3.05. The molecule has 1 atom stereocenters. The quantitative estimate of drug-likeness (QED) is 0.562. The first-order chi connectivity index (χ1) is 6.63. The van der Waals surface area contributed by atoms with Gasteiger partial charge in [0.1, 0.15) is 0 Å². The lowest BCUT2D eigenvalue weighted by atomic mass is 10.0. The maximum absolute atomic E-state index is 2.53. The molecule has 0 spiro atoms. The zero-order valence-corrected chi connectivity index (χ0v) is 10.6. The minimum Gasteiger partial charge on any atom is -0.300 e. The molecule has 0 aromatic rings. The molecule has 84 valence electrons. The Labute approximate surface area is 90.2 Å². The molecule has 0 aromatic heterocycles. The molecule has 0 bridgehead atoms. The molecule has 0 aromatic carbocycles. The molecule has 1 nitrogen and oxygen atoms in total. The van der Waals surface area contributed by atoms with Gasteiger partial charge in [-0.15, -0.1) is 0 Å². The fourth-order valence-corrected chi connectivity index (χ4v) is 1.40. The zero-order valence-electron chi connectivity index (χ0n) is 10.6. The van der Waals surface area contributed by atoms with E-state index in [-0.39, 0.29) is 0 Å². The van der Waals surface area contributed by atoms with E-state index in [1.54, 1.807) is 0 Å². The standard InChI is InChI=1S/C13H27N/c1-6-12(4)9-10-14(8-3)11-13(5)7-2/h7,12H,6,8-11H2,1-5H3/b13-7+. The second kappa shape index (κ2) is 8.05. The van der Waals surface area contributed by atoms with E-state index < -0.39 is 0 Å². The van der Waals surface area contributed by atoms with Crippen LogP contribution in [0.15, 0.2) is 11.6 Å². The third kappa shape index (κ3) is 6.20. The molecular formula is C13H27N. The molecular weight excluding hydrogens is 170 g/mol. The number of likely N-dealkylation sites (N-methyl/N-ethyl adjacent to an activating group) is 1. The second-order valence-corrected chi connectivity index (χ2v) is 4.31. The summed E-state index contributed by atoms with van der Waals surface area (Å²) in [5.74, 6) is 0.870. The first-order valence-corrected chi connectivity index (χ1v) is 5.98. The first kappa shape index (κ1) is 13.7. The molecule has 0 aliphatic carbocycles. The molecule has 0 saturated carbocycles. The highest BCUT2D eigenvalue weighted by Gasteiger charge is 2.05. The van der Waals surface area contributed by atoms with Gasteiger partial charge < -0.3 is 0 Å². The van der Waals surface area contributed by atoms with Crippen LogP contribution in [0, 0.1) is 5.92 Å². The van der Waals surface area contributed by atoms with E-state index in [1.165, 1.54) is 31.5 Å². The molecule has 0 radical (unpaired) electrons. The van der Waals surface area contributed by atoms with Crippen LogP contribution in [0.5, 0.6) is 0 Å². The average Bonchev–Trinajstić information content (AvgIpc) is 2.22. The van der Waals surface area contributed by atoms with Crippen molar-refractivity contribution >= 4 is 0 Å². The normalized spacial score (nSPS) is 14.9. The van der Waals surface area contributed by atoms with Gasteiger partial charge in [0.15, 0.2) is 0 Å². The van der Waals surface area contributed by atoms with Gasteiger partial charge in [-0.2, -0.15) is 0 Å². The topological polar surface area (TPSA) is 3.24 Å². The summed E-state index contributed by atoms with van der Waals surface area (Å²) in [6.45, 7) is 14.8. The molecule has 0 heterocycles. The molecule has 14 heavy (non-hydrogen) atoms. The zero-order chi connectivity index (χ0) is 11.0. The van der Waals surface area contributed by atoms with Crippen LogP contribution in [0.4, 0.5) is 0 Å². The van der Waals surface area contributed by atoms with Crippen molar-refractivity contribution in [2.24, 2.45) is 5.92 Å². The lowest BCUT2D eigenvalue weighted by Gasteiger charge is -2.22. The summed E-state index contributed by atoms with van der Waals surface area (Å²) in [4.78, 5) is 2.53. The minimum absolute atomic E-state index is 0.870. The Kier molecular flexibility index (Phi) is 7.87. The predicted octanol–water partition coefficient (Wildman–Crippen LogP) is 3.71. The molecule has 0 saturated heterocycles. The number of nitrogens with zero attached hydrogens (tertiary/aromatic N) is 1. The third-order valence-electron chi connectivity index (χ3n) is 3.05. The number of hydrogen-bond donors (Lipinski definition) is 0. The molecule has 0 amide bonds. The highest BCUT2D eigenvalue weighted by atomic mass is 15.1. The Morgan fingerprint density at radius 3 is 2.43 bits per heavy atom. The van der Waals surface area contributed by atoms with Crippen LogP contribution in [-0.2, 0) is 0 Å². The Morgan fingerprint density at radius 2 is 2.00 bits per heavy atom. The number of hydrogen-bond acceptors (Lipinski definition) is 1. The van der Waals surface area contributed by atoms with Gasteiger partial charge in [-0.05, 0) is 39.3 Å². The lowest BCUT2D eigenvalue weighted by Crippen LogP contribution is -2.27. The fraction of sp³-hybridized carbons (Fsp3) is 0.846. The Morgan fingerprint density at radius 1 is 1.36 bits per heavy atom. The second-order valence-electron chi connectivity index (χ2n) is 4.31. The molecule has 0 N–H and O–H groups in total. The summed E-state index contributed by atoms with van der Waals surface area (Å²) >= 11 is 0. The van der Waals surface area contributed by atoms with Crippen molar-refractivity contribution in [2.45, 2.75) is 47.5 Å². The SMILES string of the molecule is C/C=C(\C)CN(CC)CCC(C)CC. The molecule has 0 aliphatic heterocycles. The van der Waals surface area contributed by atoms with Crippen LogP contribution in [0.1, 0.15) is 47.5 Å². The Hall–Kier alpha value is -0.300. The van der Waals surface area contributed by atoms with Crippen molar-refractivity contribution in [1.29, 1.82) is 0 Å². The van der Waals surface area contributed by atoms with E-state index in [9.17, 15) is 0 Å². The number of allylic oxidation sites excluding steroid dienone is 1. The van der Waals surface area contributed by atoms with Crippen molar-refractivity contribution in [3.05, 3.63) is 11.6 Å². The van der Waals surface area contributed by atoms with Gasteiger partial charge >= 0.3 is 0 Å². The summed E-state index contributed by atoms with van der Waals surface area (Å²) in [7, 11) is 0. The van der Waals surface area contributed by atoms with Crippen LogP contribution >= 0.6 is 0 Å². The number of rotatable bonds is 7. The largest absolute Gasteiger partial charge is 0.300 e. The first-order valence-electron chi connectivity index (χ1n) is 5.98. The highest BCUT2D eigenvalue weighted by Crippen LogP contribution is 2.08. The summed E-state index contributed by atoms with van der Waals surface area (Å²) in [5, 5.41) is 0. The monoisotopic (exact) mass is 197 g/mol. The van der Waals surface area contributed by atoms with Crippen LogP contribution in [0.25, 0.3) is 0 Å². The summed E-state index contributed by atoms with van der Waals surface area (Å²) < 4.78 is 0. The van der Waals surface area contributed by atoms with E-state index in [4.69, 9.17) is 0 Å². The van der Waals surface area contributed by atoms with E-state index in [0.717, 1.165) is 12.5 Å². The van der Waals surface area contributed by atoms with E-state index >= 15 is 0 Å². The highest BCUT2D eigenvalue weighted by molar-refractivity contribution is 4.98. The van der Waals surface area contributed by atoms with Crippen molar-refractivity contribution in [1.82, 2.24) is 4.90 Å². The molecule has 1 unspecified atom stereocenters. The van der Waals surface area contributed by atoms with Crippen LogP contribution < -0.4 is 0 Å². The van der Waals surface area contributed by atoms with Gasteiger partial charge in [0, 0.05) is 6.54 Å². The minimum atomic E-state index is 0.870. The molecule has 0 fully saturated rings. The fourth-order valence-electron chi connectivity index (χ4n) is 1.40. The van der Waals surface area contributed by atoms with Crippen LogP contribution in [-0.4, -0.2) is 24.5 Å². The molecule has 0 aliphatic rings. The van der Waals surface area contributed by atoms with Crippen LogP contribution in [0.3, 0.4) is 0 Å². The van der Waals surface area contributed by atoms with Crippen molar-refractivity contribution in [3.8, 4) is 0 Å². The van der Waals surface area contributed by atoms with Crippen molar-refractivity contribution in [2.75, 3.05) is 19.6 Å². The Balaban J connectivity index is 3.79. The van der Waals surface area contributed by atoms with E-state index in [2.05, 4.69) is 45.6 Å². The summed E-state index contributed by atoms with van der Waals surface area (Å²) in [6, 6.07) is 0. The maximum Gasteiger partial charge on any atom is 0.0189 e. The van der Waals surface area contributed by atoms with E-state index in [1.807, 2.05) is 0 Å². The summed E-state index contributed by atoms with van der Waals surface area (Å²) in [5.41, 5.74) is 1.48. The Bertz CT molecular complexity index is 161. The predicted molar refractivity (Wildman–Crippen MR) is 65.6 cm³/mol. The van der Waals surface area contributed by atoms with Gasteiger partial charge in [0.05, 0.1) is 0 Å². The van der Waals surface area contributed by atoms with Gasteiger partial charge in [0.2, 0.25) is 0 Å². The van der Waals surface area contributed by atoms with E-state index in [0.29, 0.717) is 0 Å². The smallest absolute Gasteiger partial charge is 0.0189 e. The summed E-state index contributed by atoms with van der Waals surface area (Å²) in [6.07, 6.45) is 4.85. The van der Waals surface area contributed by atoms with Gasteiger partial charge in [-0.1, -0.05) is 38.8 Å². The molecule has 0 rings (SSSR count). The van der Waals surface area contributed by atoms with Gasteiger partial charge in [-0.25, -0.2) is 0 Å². The van der Waals surface area contributed by atoms with Gasteiger partial charge in [-0.3, -0.25) is 4.90 Å². The molecule has 1 heteroatoms. The maximum atomic E-state index is 2.53. The van der Waals surface area contributed by atoms with Crippen molar-refractivity contribution in [3.63, 3.8) is 0 Å². The van der Waals surface area contributed by atoms with Gasteiger partial charge in [0.25, 0.3) is 0 Å². The van der Waals surface area contributed by atoms with Crippen molar-refractivity contribution < 1.29 is 0 Å².